The summed E-state index contributed by atoms with van der Waals surface area (Å²) in [5.41, 5.74) is 1.76. The Morgan fingerprint density at radius 1 is 1.42 bits per heavy atom. The van der Waals surface area contributed by atoms with Gasteiger partial charge < -0.3 is 19.2 Å². The zero-order chi connectivity index (χ0) is 13.8. The predicted molar refractivity (Wildman–Crippen MR) is 71.2 cm³/mol. The van der Waals surface area contributed by atoms with Crippen LogP contribution in [0.4, 0.5) is 0 Å². The van der Waals surface area contributed by atoms with Gasteiger partial charge in [-0.1, -0.05) is 12.1 Å². The number of nitrogens with one attached hydrogen (secondary N) is 1. The van der Waals surface area contributed by atoms with Crippen molar-refractivity contribution in [1.29, 1.82) is 0 Å². The fraction of sp³-hybridized carbons (Fsp3) is 0.357. The molecule has 1 heterocycles. The minimum absolute atomic E-state index is 0.128. The lowest BCUT2D eigenvalue weighted by atomic mass is 10.1. The molecular weight excluding hydrogens is 246 g/mol. The van der Waals surface area contributed by atoms with Crippen LogP contribution in [-0.2, 0) is 16.1 Å². The van der Waals surface area contributed by atoms with E-state index in [1.54, 1.807) is 6.07 Å². The number of esters is 1. The number of ether oxygens (including phenoxy) is 2. The Labute approximate surface area is 111 Å². The molecule has 5 heteroatoms. The first-order chi connectivity index (χ1) is 9.17. The van der Waals surface area contributed by atoms with Crippen LogP contribution in [0.3, 0.4) is 0 Å². The minimum atomic E-state index is -0.421. The summed E-state index contributed by atoms with van der Waals surface area (Å²) in [6, 6.07) is 5.63. The second-order valence-corrected chi connectivity index (χ2v) is 4.16. The van der Waals surface area contributed by atoms with E-state index < -0.39 is 5.97 Å². The predicted octanol–water partition coefficient (Wildman–Crippen LogP) is 2.01. The third kappa shape index (κ3) is 2.71. The number of aryl methyl sites for hydroxylation is 1. The highest BCUT2D eigenvalue weighted by molar-refractivity contribution is 5.87. The number of methoxy groups -OCH3 is 1. The van der Waals surface area contributed by atoms with Crippen LogP contribution in [0.25, 0.3) is 11.0 Å². The molecule has 0 spiro atoms. The van der Waals surface area contributed by atoms with Gasteiger partial charge in [-0.3, -0.25) is 0 Å². The number of carbonyl (C=O) groups is 1. The van der Waals surface area contributed by atoms with E-state index in [4.69, 9.17) is 9.15 Å². The molecule has 0 bridgehead atoms. The van der Waals surface area contributed by atoms with Crippen molar-refractivity contribution in [2.24, 2.45) is 0 Å². The van der Waals surface area contributed by atoms with Crippen LogP contribution >= 0.6 is 0 Å². The first-order valence-corrected chi connectivity index (χ1v) is 6.02. The van der Waals surface area contributed by atoms with Crippen molar-refractivity contribution in [2.45, 2.75) is 13.5 Å². The smallest absolute Gasteiger partial charge is 0.343 e. The van der Waals surface area contributed by atoms with Crippen molar-refractivity contribution in [3.63, 3.8) is 0 Å². The molecule has 0 atom stereocenters. The number of furan rings is 1. The highest BCUT2D eigenvalue weighted by Gasteiger charge is 2.14. The lowest BCUT2D eigenvalue weighted by molar-refractivity contribution is -0.142. The van der Waals surface area contributed by atoms with E-state index in [1.807, 2.05) is 26.1 Å². The Morgan fingerprint density at radius 3 is 2.89 bits per heavy atom. The van der Waals surface area contributed by atoms with Crippen molar-refractivity contribution in [2.75, 3.05) is 20.8 Å². The van der Waals surface area contributed by atoms with Gasteiger partial charge in [0.05, 0.1) is 7.11 Å². The number of hydrogen-bond acceptors (Lipinski definition) is 5. The Kier molecular flexibility index (Phi) is 4.06. The van der Waals surface area contributed by atoms with Gasteiger partial charge in [0.15, 0.2) is 17.9 Å². The number of benzene rings is 1. The molecule has 0 aliphatic rings. The molecule has 1 aromatic heterocycles. The zero-order valence-corrected chi connectivity index (χ0v) is 11.3. The molecule has 0 saturated heterocycles. The maximum Gasteiger partial charge on any atom is 0.343 e. The second kappa shape index (κ2) is 5.75. The average Bonchev–Trinajstić information content (AvgIpc) is 2.74. The van der Waals surface area contributed by atoms with Crippen LogP contribution in [0, 0.1) is 6.92 Å². The summed E-state index contributed by atoms with van der Waals surface area (Å²) in [6.45, 7) is 2.51. The maximum atomic E-state index is 11.1. The van der Waals surface area contributed by atoms with Crippen molar-refractivity contribution >= 4 is 16.9 Å². The van der Waals surface area contributed by atoms with Crippen molar-refractivity contribution in [3.05, 3.63) is 29.5 Å². The molecular formula is C14H17NO4. The maximum absolute atomic E-state index is 11.1. The Bertz CT molecular complexity index is 588. The molecule has 0 unspecified atom stereocenters. The van der Waals surface area contributed by atoms with Gasteiger partial charge in [-0.15, -0.1) is 0 Å². The second-order valence-electron chi connectivity index (χ2n) is 4.16. The van der Waals surface area contributed by atoms with E-state index in [0.717, 1.165) is 23.3 Å². The van der Waals surface area contributed by atoms with E-state index in [0.29, 0.717) is 11.3 Å². The standard InChI is InChI=1S/C14H17NO4/c1-9-11(7-15-2)10-5-4-6-12(14(10)19-9)18-8-13(16)17-3/h4-6,15H,7-8H2,1-3H3. The third-order valence-electron chi connectivity index (χ3n) is 2.91. The molecule has 5 nitrogen and oxygen atoms in total. The SMILES string of the molecule is CNCc1c(C)oc2c(OCC(=O)OC)cccc12. The van der Waals surface area contributed by atoms with Gasteiger partial charge in [-0.05, 0) is 20.0 Å². The fourth-order valence-electron chi connectivity index (χ4n) is 1.97. The van der Waals surface area contributed by atoms with Crippen LogP contribution in [0.1, 0.15) is 11.3 Å². The molecule has 0 aliphatic heterocycles. The van der Waals surface area contributed by atoms with E-state index >= 15 is 0 Å². The molecule has 0 fully saturated rings. The normalized spacial score (nSPS) is 10.7. The molecule has 0 radical (unpaired) electrons. The number of fused-ring (bicyclic) bond motifs is 1. The first kappa shape index (κ1) is 13.4. The van der Waals surface area contributed by atoms with Gasteiger partial charge in [-0.2, -0.15) is 0 Å². The van der Waals surface area contributed by atoms with E-state index in [-0.39, 0.29) is 6.61 Å². The first-order valence-electron chi connectivity index (χ1n) is 6.02. The topological polar surface area (TPSA) is 60.7 Å². The monoisotopic (exact) mass is 263 g/mol. The molecule has 2 rings (SSSR count). The molecule has 1 aromatic carbocycles. The summed E-state index contributed by atoms with van der Waals surface area (Å²) in [5, 5.41) is 4.10. The van der Waals surface area contributed by atoms with Crippen LogP contribution in [0.5, 0.6) is 5.75 Å². The van der Waals surface area contributed by atoms with Crippen LogP contribution < -0.4 is 10.1 Å². The molecule has 2 aromatic rings. The lowest BCUT2D eigenvalue weighted by Crippen LogP contribution is -2.12. The van der Waals surface area contributed by atoms with Crippen LogP contribution in [0.2, 0.25) is 0 Å². The number of para-hydroxylation sites is 1. The van der Waals surface area contributed by atoms with Gasteiger partial charge in [0.2, 0.25) is 0 Å². The van der Waals surface area contributed by atoms with Crippen molar-refractivity contribution in [1.82, 2.24) is 5.32 Å². The summed E-state index contributed by atoms with van der Waals surface area (Å²) in [5.74, 6) is 0.975. The van der Waals surface area contributed by atoms with Gasteiger partial charge in [-0.25, -0.2) is 4.79 Å². The van der Waals surface area contributed by atoms with Gasteiger partial charge in [0.25, 0.3) is 0 Å². The van der Waals surface area contributed by atoms with Crippen LogP contribution in [0.15, 0.2) is 22.6 Å². The number of carbonyl (C=O) groups excluding carboxylic acids is 1. The Morgan fingerprint density at radius 2 is 2.21 bits per heavy atom. The third-order valence-corrected chi connectivity index (χ3v) is 2.91. The highest BCUT2D eigenvalue weighted by Crippen LogP contribution is 2.32. The Balaban J connectivity index is 2.35. The van der Waals surface area contributed by atoms with E-state index in [9.17, 15) is 4.79 Å². The van der Waals surface area contributed by atoms with Crippen LogP contribution in [-0.4, -0.2) is 26.7 Å². The molecule has 19 heavy (non-hydrogen) atoms. The lowest BCUT2D eigenvalue weighted by Gasteiger charge is -2.05. The number of hydrogen-bond donors (Lipinski definition) is 1. The molecule has 1 N–H and O–H groups in total. The van der Waals surface area contributed by atoms with Gasteiger partial charge >= 0.3 is 5.97 Å². The largest absolute Gasteiger partial charge is 0.478 e. The number of rotatable bonds is 5. The quantitative estimate of drug-likeness (QED) is 0.836. The summed E-state index contributed by atoms with van der Waals surface area (Å²) >= 11 is 0. The van der Waals surface area contributed by atoms with E-state index in [2.05, 4.69) is 10.1 Å². The highest BCUT2D eigenvalue weighted by atomic mass is 16.6. The van der Waals surface area contributed by atoms with Gasteiger partial charge in [0.1, 0.15) is 5.76 Å². The molecule has 102 valence electrons. The molecule has 0 aliphatic carbocycles. The summed E-state index contributed by atoms with van der Waals surface area (Å²) in [7, 11) is 3.21. The van der Waals surface area contributed by atoms with Crippen molar-refractivity contribution < 1.29 is 18.7 Å². The zero-order valence-electron chi connectivity index (χ0n) is 11.3. The summed E-state index contributed by atoms with van der Waals surface area (Å²) in [4.78, 5) is 11.1. The summed E-state index contributed by atoms with van der Waals surface area (Å²) < 4.78 is 15.7. The molecule has 0 amide bonds. The van der Waals surface area contributed by atoms with E-state index in [1.165, 1.54) is 7.11 Å². The van der Waals surface area contributed by atoms with Crippen molar-refractivity contribution in [3.8, 4) is 5.75 Å². The average molecular weight is 263 g/mol. The Hall–Kier alpha value is -2.01. The molecule has 0 saturated carbocycles. The minimum Gasteiger partial charge on any atom is -0.478 e. The summed E-state index contributed by atoms with van der Waals surface area (Å²) in [6.07, 6.45) is 0. The van der Waals surface area contributed by atoms with Gasteiger partial charge in [0, 0.05) is 17.5 Å². The fourth-order valence-corrected chi connectivity index (χ4v) is 1.97.